The lowest BCUT2D eigenvalue weighted by Gasteiger charge is -2.18. The Morgan fingerprint density at radius 3 is 2.65 bits per heavy atom. The number of hydrogen-bond donors (Lipinski definition) is 4. The van der Waals surface area contributed by atoms with Crippen LogP contribution in [0.5, 0.6) is 0 Å². The lowest BCUT2D eigenvalue weighted by Crippen LogP contribution is -2.44. The highest BCUT2D eigenvalue weighted by Gasteiger charge is 2.21. The Bertz CT molecular complexity index is 1710. The van der Waals surface area contributed by atoms with Crippen molar-refractivity contribution in [2.24, 2.45) is 5.73 Å². The van der Waals surface area contributed by atoms with Gasteiger partial charge in [0.1, 0.15) is 12.4 Å². The number of benzene rings is 3. The zero-order chi connectivity index (χ0) is 28.1. The molecule has 0 saturated carbocycles. The maximum absolute atomic E-state index is 13.4. The van der Waals surface area contributed by atoms with E-state index >= 15 is 0 Å². The molecule has 200 valence electrons. The number of halogens is 1. The monoisotopic (exact) mass is 554 g/mol. The Morgan fingerprint density at radius 2 is 1.90 bits per heavy atom. The first-order chi connectivity index (χ1) is 19.4. The number of nitrogens with zero attached hydrogens (tertiary/aromatic N) is 4. The third-order valence-electron chi connectivity index (χ3n) is 6.13. The van der Waals surface area contributed by atoms with E-state index in [9.17, 15) is 14.4 Å². The number of amides is 3. The highest BCUT2D eigenvalue weighted by molar-refractivity contribution is 6.30. The zero-order valence-electron chi connectivity index (χ0n) is 20.9. The molecule has 1 atom stereocenters. The Labute approximate surface area is 233 Å². The van der Waals surface area contributed by atoms with Gasteiger partial charge in [-0.1, -0.05) is 41.9 Å². The van der Waals surface area contributed by atoms with Gasteiger partial charge in [0.15, 0.2) is 0 Å². The first-order valence-corrected chi connectivity index (χ1v) is 12.5. The number of aromatic amines is 1. The predicted molar refractivity (Wildman–Crippen MR) is 151 cm³/mol. The van der Waals surface area contributed by atoms with Crippen molar-refractivity contribution in [2.45, 2.75) is 12.5 Å². The smallest absolute Gasteiger partial charge is 0.250 e. The number of tetrazole rings is 1. The summed E-state index contributed by atoms with van der Waals surface area (Å²) in [7, 11) is 0. The van der Waals surface area contributed by atoms with Gasteiger partial charge in [0.25, 0.3) is 5.91 Å². The third kappa shape index (κ3) is 6.05. The number of fused-ring (bicyclic) bond motifs is 1. The lowest BCUT2D eigenvalue weighted by atomic mass is 10.0. The topological polar surface area (TPSA) is 161 Å². The van der Waals surface area contributed by atoms with Crippen LogP contribution in [0.25, 0.3) is 22.7 Å². The number of carbonyl (C=O) groups excluding carboxylic acids is 3. The van der Waals surface area contributed by atoms with Gasteiger partial charge in [-0.2, -0.15) is 4.68 Å². The molecule has 0 spiro atoms. The summed E-state index contributed by atoms with van der Waals surface area (Å²) in [5.41, 5.74) is 9.01. The first kappa shape index (κ1) is 26.3. The molecule has 0 saturated heterocycles. The van der Waals surface area contributed by atoms with Crippen molar-refractivity contribution in [3.8, 4) is 5.69 Å². The van der Waals surface area contributed by atoms with Crippen LogP contribution in [0, 0.1) is 0 Å². The van der Waals surface area contributed by atoms with E-state index in [1.807, 2.05) is 30.3 Å². The van der Waals surface area contributed by atoms with Crippen molar-refractivity contribution in [1.29, 1.82) is 0 Å². The second-order valence-corrected chi connectivity index (χ2v) is 9.29. The van der Waals surface area contributed by atoms with Crippen LogP contribution in [0.1, 0.15) is 21.5 Å². The second kappa shape index (κ2) is 11.6. The Hall–Kier alpha value is -5.29. The van der Waals surface area contributed by atoms with Crippen LogP contribution in [0.3, 0.4) is 0 Å². The number of nitrogens with one attached hydrogen (secondary N) is 3. The molecule has 0 aliphatic rings. The minimum absolute atomic E-state index is 0.248. The van der Waals surface area contributed by atoms with E-state index in [-0.39, 0.29) is 6.42 Å². The normalized spacial score (nSPS) is 11.9. The standard InChI is InChI=1S/C28H23ClN8O3/c29-19-7-10-25(37-16-32-35-36-37)18(13-19)6-11-26(38)34-24(12-17-4-2-1-3-5-17)28(40)33-20-8-9-23-21(14-20)22(15-31-23)27(30)39/h1-11,13-16,24,31H,12H2,(H2,30,39)(H,33,40)(H,34,38). The number of anilines is 1. The molecule has 11 nitrogen and oxygen atoms in total. The molecule has 40 heavy (non-hydrogen) atoms. The fourth-order valence-electron chi connectivity index (χ4n) is 4.22. The van der Waals surface area contributed by atoms with Crippen LogP contribution in [-0.2, 0) is 16.0 Å². The minimum Gasteiger partial charge on any atom is -0.366 e. The van der Waals surface area contributed by atoms with Crippen LogP contribution in [0.15, 0.2) is 85.3 Å². The van der Waals surface area contributed by atoms with Gasteiger partial charge in [-0.3, -0.25) is 14.4 Å². The molecule has 5 aromatic rings. The maximum Gasteiger partial charge on any atom is 0.250 e. The number of aromatic nitrogens is 5. The summed E-state index contributed by atoms with van der Waals surface area (Å²) in [5.74, 6) is -1.51. The van der Waals surface area contributed by atoms with Crippen molar-refractivity contribution in [2.75, 3.05) is 5.32 Å². The van der Waals surface area contributed by atoms with Crippen LogP contribution in [0.2, 0.25) is 5.02 Å². The second-order valence-electron chi connectivity index (χ2n) is 8.86. The number of rotatable bonds is 9. The van der Waals surface area contributed by atoms with Gasteiger partial charge in [0.05, 0.1) is 11.3 Å². The summed E-state index contributed by atoms with van der Waals surface area (Å²) in [6.07, 6.45) is 6.08. The van der Waals surface area contributed by atoms with E-state index in [1.165, 1.54) is 23.3 Å². The van der Waals surface area contributed by atoms with Gasteiger partial charge >= 0.3 is 0 Å². The Balaban J connectivity index is 1.37. The van der Waals surface area contributed by atoms with Gasteiger partial charge in [0.2, 0.25) is 11.8 Å². The molecular weight excluding hydrogens is 532 g/mol. The molecular formula is C28H23ClN8O3. The quantitative estimate of drug-likeness (QED) is 0.204. The Morgan fingerprint density at radius 1 is 1.07 bits per heavy atom. The molecule has 1 unspecified atom stereocenters. The van der Waals surface area contributed by atoms with Gasteiger partial charge < -0.3 is 21.4 Å². The zero-order valence-corrected chi connectivity index (χ0v) is 21.7. The number of primary amides is 1. The summed E-state index contributed by atoms with van der Waals surface area (Å²) >= 11 is 6.17. The number of nitrogens with two attached hydrogens (primary N) is 1. The SMILES string of the molecule is NC(=O)c1c[nH]c2ccc(NC(=O)C(Cc3ccccc3)NC(=O)C=Cc3cc(Cl)ccc3-n3cnnn3)cc12. The highest BCUT2D eigenvalue weighted by atomic mass is 35.5. The predicted octanol–water partition coefficient (Wildman–Crippen LogP) is 3.28. The van der Waals surface area contributed by atoms with Crippen LogP contribution in [-0.4, -0.2) is 49.0 Å². The summed E-state index contributed by atoms with van der Waals surface area (Å²) in [4.78, 5) is 41.1. The average Bonchev–Trinajstić information content (AvgIpc) is 3.62. The largest absolute Gasteiger partial charge is 0.366 e. The van der Waals surface area contributed by atoms with Crippen molar-refractivity contribution >= 4 is 52.0 Å². The maximum atomic E-state index is 13.4. The molecule has 2 aromatic heterocycles. The molecule has 5 rings (SSSR count). The fraction of sp³-hybridized carbons (Fsp3) is 0.0714. The number of hydrogen-bond acceptors (Lipinski definition) is 6. The fourth-order valence-corrected chi connectivity index (χ4v) is 4.40. The van der Waals surface area contributed by atoms with E-state index in [4.69, 9.17) is 17.3 Å². The molecule has 3 amide bonds. The molecule has 0 aliphatic heterocycles. The molecule has 12 heteroatoms. The van der Waals surface area contributed by atoms with Gasteiger partial charge in [-0.05, 0) is 58.5 Å². The minimum atomic E-state index is -0.907. The number of carbonyl (C=O) groups is 3. The van der Waals surface area contributed by atoms with Gasteiger partial charge in [0, 0.05) is 45.9 Å². The molecule has 0 radical (unpaired) electrons. The van der Waals surface area contributed by atoms with E-state index in [2.05, 4.69) is 31.1 Å². The average molecular weight is 555 g/mol. The van der Waals surface area contributed by atoms with E-state index in [1.54, 1.807) is 42.5 Å². The van der Waals surface area contributed by atoms with Crippen LogP contribution < -0.4 is 16.4 Å². The van der Waals surface area contributed by atoms with E-state index in [0.29, 0.717) is 38.4 Å². The van der Waals surface area contributed by atoms with Crippen molar-refractivity contribution < 1.29 is 14.4 Å². The molecule has 0 aliphatic carbocycles. The van der Waals surface area contributed by atoms with Gasteiger partial charge in [-0.25, -0.2) is 0 Å². The highest BCUT2D eigenvalue weighted by Crippen LogP contribution is 2.23. The molecule has 5 N–H and O–H groups in total. The van der Waals surface area contributed by atoms with Crippen molar-refractivity contribution in [3.05, 3.63) is 107 Å². The van der Waals surface area contributed by atoms with Crippen LogP contribution in [0.4, 0.5) is 5.69 Å². The molecule has 3 aromatic carbocycles. The van der Waals surface area contributed by atoms with E-state index in [0.717, 1.165) is 5.56 Å². The molecule has 2 heterocycles. The lowest BCUT2D eigenvalue weighted by molar-refractivity contribution is -0.123. The van der Waals surface area contributed by atoms with Crippen LogP contribution >= 0.6 is 11.6 Å². The molecule has 0 bridgehead atoms. The summed E-state index contributed by atoms with van der Waals surface area (Å²) < 4.78 is 1.45. The summed E-state index contributed by atoms with van der Waals surface area (Å²) in [6, 6.07) is 18.6. The van der Waals surface area contributed by atoms with Crippen molar-refractivity contribution in [3.63, 3.8) is 0 Å². The summed E-state index contributed by atoms with van der Waals surface area (Å²) in [6.45, 7) is 0. The first-order valence-electron chi connectivity index (χ1n) is 12.1. The van der Waals surface area contributed by atoms with Gasteiger partial charge in [-0.15, -0.1) is 5.10 Å². The molecule has 0 fully saturated rings. The van der Waals surface area contributed by atoms with E-state index < -0.39 is 23.8 Å². The van der Waals surface area contributed by atoms with Crippen molar-refractivity contribution in [1.82, 2.24) is 30.5 Å². The summed E-state index contributed by atoms with van der Waals surface area (Å²) in [5, 5.41) is 17.9. The Kier molecular flexibility index (Phi) is 7.65. The number of H-pyrrole nitrogens is 1. The third-order valence-corrected chi connectivity index (χ3v) is 6.37.